The third-order valence-electron chi connectivity index (χ3n) is 2.33. The number of thioether (sulfide) groups is 1. The van der Waals surface area contributed by atoms with E-state index in [1.54, 1.807) is 0 Å². The third kappa shape index (κ3) is 4.31. The summed E-state index contributed by atoms with van der Waals surface area (Å²) in [5.41, 5.74) is -3.69. The lowest BCUT2D eigenvalue weighted by Gasteiger charge is -2.09. The molecule has 0 spiro atoms. The first kappa shape index (κ1) is 17.7. The third-order valence-corrected chi connectivity index (χ3v) is 3.45. The highest BCUT2D eigenvalue weighted by molar-refractivity contribution is 7.99. The number of hydrogen-bond donors (Lipinski definition) is 1. The number of aliphatic carboxylic acids is 1. The van der Waals surface area contributed by atoms with Crippen molar-refractivity contribution in [2.24, 2.45) is 0 Å². The van der Waals surface area contributed by atoms with Gasteiger partial charge in [-0.2, -0.15) is 13.2 Å². The molecule has 1 rings (SSSR count). The average Bonchev–Trinajstić information content (AvgIpc) is 2.36. The summed E-state index contributed by atoms with van der Waals surface area (Å²) in [7, 11) is 0. The molecule has 1 aromatic rings. The number of carbonyl (C=O) groups is 1. The van der Waals surface area contributed by atoms with Crippen molar-refractivity contribution >= 4 is 29.1 Å². The molecule has 0 atom stereocenters. The SMILES string of the molecule is O=C(O)CCSc1c([N+](=O)[O-])cc(C(F)(F)F)cc1[N+](=O)[O-]. The lowest BCUT2D eigenvalue weighted by molar-refractivity contribution is -0.400. The van der Waals surface area contributed by atoms with Gasteiger partial charge in [0.2, 0.25) is 0 Å². The zero-order valence-corrected chi connectivity index (χ0v) is 11.3. The van der Waals surface area contributed by atoms with E-state index in [2.05, 4.69) is 0 Å². The first-order chi connectivity index (χ1) is 10.0. The van der Waals surface area contributed by atoms with E-state index < -0.39 is 50.2 Å². The second kappa shape index (κ2) is 6.60. The van der Waals surface area contributed by atoms with Crippen LogP contribution >= 0.6 is 11.8 Å². The zero-order chi connectivity index (χ0) is 17.1. The normalized spacial score (nSPS) is 11.2. The van der Waals surface area contributed by atoms with E-state index in [4.69, 9.17) is 5.11 Å². The Morgan fingerprint density at radius 3 is 1.95 bits per heavy atom. The second-order valence-corrected chi connectivity index (χ2v) is 4.95. The summed E-state index contributed by atoms with van der Waals surface area (Å²) >= 11 is 0.446. The van der Waals surface area contributed by atoms with Gasteiger partial charge in [0, 0.05) is 17.9 Å². The van der Waals surface area contributed by atoms with Crippen LogP contribution in [0.5, 0.6) is 0 Å². The van der Waals surface area contributed by atoms with Crippen molar-refractivity contribution < 1.29 is 32.9 Å². The van der Waals surface area contributed by atoms with Gasteiger partial charge >= 0.3 is 12.1 Å². The number of benzene rings is 1. The number of hydrogen-bond acceptors (Lipinski definition) is 6. The van der Waals surface area contributed by atoms with Crippen LogP contribution in [0.3, 0.4) is 0 Å². The van der Waals surface area contributed by atoms with Crippen molar-refractivity contribution in [2.75, 3.05) is 5.75 Å². The van der Waals surface area contributed by atoms with Gasteiger partial charge < -0.3 is 5.11 Å². The summed E-state index contributed by atoms with van der Waals surface area (Å²) < 4.78 is 37.9. The van der Waals surface area contributed by atoms with Crippen molar-refractivity contribution in [2.45, 2.75) is 17.5 Å². The minimum atomic E-state index is -4.99. The Bertz CT molecular complexity index is 599. The number of nitro benzene ring substituents is 2. The monoisotopic (exact) mass is 340 g/mol. The van der Waals surface area contributed by atoms with E-state index >= 15 is 0 Å². The van der Waals surface area contributed by atoms with Crippen LogP contribution in [0.25, 0.3) is 0 Å². The van der Waals surface area contributed by atoms with E-state index in [0.717, 1.165) is 0 Å². The second-order valence-electron chi connectivity index (χ2n) is 3.85. The maximum absolute atomic E-state index is 12.6. The fourth-order valence-electron chi connectivity index (χ4n) is 1.42. The van der Waals surface area contributed by atoms with E-state index in [1.165, 1.54) is 0 Å². The van der Waals surface area contributed by atoms with Crippen LogP contribution in [0, 0.1) is 20.2 Å². The van der Waals surface area contributed by atoms with Crippen LogP contribution in [0.1, 0.15) is 12.0 Å². The van der Waals surface area contributed by atoms with Crippen molar-refractivity contribution in [3.05, 3.63) is 37.9 Å². The molecule has 8 nitrogen and oxygen atoms in total. The van der Waals surface area contributed by atoms with Gasteiger partial charge in [0.1, 0.15) is 0 Å². The van der Waals surface area contributed by atoms with Crippen LogP contribution in [0.4, 0.5) is 24.5 Å². The van der Waals surface area contributed by atoms with Crippen LogP contribution in [0.2, 0.25) is 0 Å². The van der Waals surface area contributed by atoms with Crippen molar-refractivity contribution in [1.82, 2.24) is 0 Å². The fraction of sp³-hybridized carbons (Fsp3) is 0.300. The Kier molecular flexibility index (Phi) is 5.30. The molecule has 0 amide bonds. The van der Waals surface area contributed by atoms with Crippen LogP contribution in [-0.4, -0.2) is 26.7 Å². The molecular weight excluding hydrogens is 333 g/mol. The topological polar surface area (TPSA) is 124 Å². The Labute approximate surface area is 124 Å². The Morgan fingerprint density at radius 2 is 1.64 bits per heavy atom. The summed E-state index contributed by atoms with van der Waals surface area (Å²) in [5, 5.41) is 30.2. The molecule has 0 fully saturated rings. The molecule has 0 saturated heterocycles. The quantitative estimate of drug-likeness (QED) is 0.479. The van der Waals surface area contributed by atoms with Gasteiger partial charge in [-0.3, -0.25) is 25.0 Å². The Morgan fingerprint density at radius 1 is 1.18 bits per heavy atom. The molecule has 0 heterocycles. The summed E-state index contributed by atoms with van der Waals surface area (Å²) in [4.78, 5) is 29.1. The highest BCUT2D eigenvalue weighted by Crippen LogP contribution is 2.42. The molecule has 0 aliphatic carbocycles. The molecule has 22 heavy (non-hydrogen) atoms. The maximum Gasteiger partial charge on any atom is 0.416 e. The van der Waals surface area contributed by atoms with Gasteiger partial charge in [-0.25, -0.2) is 0 Å². The highest BCUT2D eigenvalue weighted by Gasteiger charge is 2.37. The summed E-state index contributed by atoms with van der Waals surface area (Å²) in [6, 6.07) is 0.381. The Hall–Kier alpha value is -2.37. The number of carboxylic acids is 1. The lowest BCUT2D eigenvalue weighted by Crippen LogP contribution is -2.08. The average molecular weight is 340 g/mol. The van der Waals surface area contributed by atoms with E-state index in [-0.39, 0.29) is 17.9 Å². The van der Waals surface area contributed by atoms with Crippen molar-refractivity contribution in [3.8, 4) is 0 Å². The minimum Gasteiger partial charge on any atom is -0.481 e. The molecule has 0 radical (unpaired) electrons. The zero-order valence-electron chi connectivity index (χ0n) is 10.5. The first-order valence-electron chi connectivity index (χ1n) is 5.42. The molecule has 1 aromatic carbocycles. The summed E-state index contributed by atoms with van der Waals surface area (Å²) in [6.45, 7) is 0. The molecule has 12 heteroatoms. The number of halogens is 3. The largest absolute Gasteiger partial charge is 0.481 e. The van der Waals surface area contributed by atoms with Gasteiger partial charge in [0.25, 0.3) is 11.4 Å². The van der Waals surface area contributed by atoms with E-state index in [9.17, 15) is 38.2 Å². The predicted molar refractivity (Wildman–Crippen MR) is 67.7 cm³/mol. The lowest BCUT2D eigenvalue weighted by atomic mass is 10.1. The molecule has 1 N–H and O–H groups in total. The number of nitro groups is 2. The number of nitrogens with zero attached hydrogens (tertiary/aromatic N) is 2. The van der Waals surface area contributed by atoms with Crippen molar-refractivity contribution in [1.29, 1.82) is 0 Å². The van der Waals surface area contributed by atoms with E-state index in [0.29, 0.717) is 11.8 Å². The molecule has 0 aliphatic rings. The smallest absolute Gasteiger partial charge is 0.416 e. The molecule has 0 aromatic heterocycles. The fourth-order valence-corrected chi connectivity index (χ4v) is 2.47. The number of carboxylic acid groups (broad SMARTS) is 1. The van der Waals surface area contributed by atoms with Gasteiger partial charge in [0.15, 0.2) is 4.90 Å². The molecule has 0 unspecified atom stereocenters. The predicted octanol–water partition coefficient (Wildman–Crippen LogP) is 3.09. The first-order valence-corrected chi connectivity index (χ1v) is 6.41. The van der Waals surface area contributed by atoms with Crippen molar-refractivity contribution in [3.63, 3.8) is 0 Å². The van der Waals surface area contributed by atoms with Gasteiger partial charge in [-0.05, 0) is 0 Å². The minimum absolute atomic E-state index is 0.191. The summed E-state index contributed by atoms with van der Waals surface area (Å²) in [6.07, 6.45) is -5.44. The van der Waals surface area contributed by atoms with E-state index in [1.807, 2.05) is 0 Å². The standard InChI is InChI=1S/C10H7F3N2O6S/c11-10(12,13)5-3-6(14(18)19)9(7(4-5)15(20)21)22-2-1-8(16)17/h3-4H,1-2H2,(H,16,17). The number of rotatable bonds is 6. The Balaban J connectivity index is 3.41. The van der Waals surface area contributed by atoms with Gasteiger partial charge in [-0.15, -0.1) is 11.8 Å². The summed E-state index contributed by atoms with van der Waals surface area (Å²) in [5.74, 6) is -1.51. The molecular formula is C10H7F3N2O6S. The molecule has 120 valence electrons. The molecule has 0 aliphatic heterocycles. The molecule has 0 bridgehead atoms. The van der Waals surface area contributed by atoms with Crippen LogP contribution in [-0.2, 0) is 11.0 Å². The number of alkyl halides is 3. The maximum atomic E-state index is 12.6. The molecule has 0 saturated carbocycles. The van der Waals surface area contributed by atoms with Crippen LogP contribution < -0.4 is 0 Å². The van der Waals surface area contributed by atoms with Crippen LogP contribution in [0.15, 0.2) is 17.0 Å². The van der Waals surface area contributed by atoms with Gasteiger partial charge in [0.05, 0.1) is 21.8 Å². The van der Waals surface area contributed by atoms with Gasteiger partial charge in [-0.1, -0.05) is 0 Å². The highest BCUT2D eigenvalue weighted by atomic mass is 32.2.